The molecule has 0 aliphatic heterocycles. The maximum Gasteiger partial charge on any atom is 0.173 e. The third kappa shape index (κ3) is 5.35. The summed E-state index contributed by atoms with van der Waals surface area (Å²) in [5, 5.41) is 0. The highest BCUT2D eigenvalue weighted by Gasteiger charge is 2.45. The fraction of sp³-hybridized carbons (Fsp3) is 0.333. The largest absolute Gasteiger partial charge is 0.293 e. The van der Waals surface area contributed by atoms with Crippen molar-refractivity contribution in [2.75, 3.05) is 0 Å². The van der Waals surface area contributed by atoms with Crippen LogP contribution in [-0.2, 0) is 21.8 Å². The summed E-state index contributed by atoms with van der Waals surface area (Å²) in [7, 11) is 0. The van der Waals surface area contributed by atoms with Crippen molar-refractivity contribution < 1.29 is 19.4 Å². The van der Waals surface area contributed by atoms with Gasteiger partial charge in [-0.2, -0.15) is 0 Å². The molecule has 0 radical (unpaired) electrons. The second-order valence-corrected chi connectivity index (χ2v) is 10.0. The van der Waals surface area contributed by atoms with E-state index in [1.807, 2.05) is 75.4 Å². The van der Waals surface area contributed by atoms with E-state index in [1.165, 1.54) is 5.56 Å². The Morgan fingerprint density at radius 3 is 1.91 bits per heavy atom. The summed E-state index contributed by atoms with van der Waals surface area (Å²) in [5.41, 5.74) is 1.77. The van der Waals surface area contributed by atoms with Gasteiger partial charge in [-0.25, -0.2) is 9.78 Å². The smallest absolute Gasteiger partial charge is 0.173 e. The fourth-order valence-electron chi connectivity index (χ4n) is 4.66. The van der Waals surface area contributed by atoms with Gasteiger partial charge >= 0.3 is 0 Å². The quantitative estimate of drug-likeness (QED) is 0.163. The van der Waals surface area contributed by atoms with Gasteiger partial charge in [0.25, 0.3) is 0 Å². The Kier molecular flexibility index (Phi) is 7.11. The van der Waals surface area contributed by atoms with Gasteiger partial charge in [0.15, 0.2) is 11.6 Å². The number of hydrogen-bond donors (Lipinski definition) is 0. The van der Waals surface area contributed by atoms with Crippen molar-refractivity contribution in [1.82, 2.24) is 0 Å². The van der Waals surface area contributed by atoms with Gasteiger partial charge in [0.1, 0.15) is 5.60 Å². The van der Waals surface area contributed by atoms with Crippen LogP contribution in [-0.4, -0.2) is 17.2 Å². The van der Waals surface area contributed by atoms with E-state index in [4.69, 9.17) is 9.78 Å². The Balaban J connectivity index is 1.79. The molecule has 0 fully saturated rings. The summed E-state index contributed by atoms with van der Waals surface area (Å²) in [6.07, 6.45) is 2.69. The number of rotatable bonds is 8. The lowest BCUT2D eigenvalue weighted by Gasteiger charge is -2.40. The lowest BCUT2D eigenvalue weighted by Crippen LogP contribution is -2.41. The standard InChI is InChI=1S/C30H32O4/c1-29(2,3)33-34-30(20-12-18-22-13-10-11-19-26(22)30)21-25(27(31)23-14-6-4-7-15-23)28(32)24-16-8-5-9-17-24/h4-11,13-17,19,25H,12,18,20-21H2,1-3H3. The van der Waals surface area contributed by atoms with E-state index in [9.17, 15) is 9.59 Å². The molecule has 0 aromatic heterocycles. The Morgan fingerprint density at radius 1 is 0.824 bits per heavy atom. The maximum atomic E-state index is 13.8. The molecule has 1 atom stereocenters. The number of ketones is 2. The molecule has 0 amide bonds. The molecule has 0 saturated heterocycles. The zero-order chi connectivity index (χ0) is 24.2. The monoisotopic (exact) mass is 456 g/mol. The summed E-state index contributed by atoms with van der Waals surface area (Å²) >= 11 is 0. The van der Waals surface area contributed by atoms with Gasteiger partial charge in [-0.15, -0.1) is 0 Å². The number of benzene rings is 3. The number of carbonyl (C=O) groups excluding carboxylic acids is 2. The molecule has 4 heteroatoms. The van der Waals surface area contributed by atoms with Crippen LogP contribution in [0.3, 0.4) is 0 Å². The molecule has 3 aromatic rings. The van der Waals surface area contributed by atoms with Crippen LogP contribution in [0.15, 0.2) is 84.9 Å². The summed E-state index contributed by atoms with van der Waals surface area (Å²) < 4.78 is 0. The highest BCUT2D eigenvalue weighted by molar-refractivity contribution is 6.16. The van der Waals surface area contributed by atoms with E-state index in [1.54, 1.807) is 24.3 Å². The fourth-order valence-corrected chi connectivity index (χ4v) is 4.66. The highest BCUT2D eigenvalue weighted by atomic mass is 17.2. The first-order valence-electron chi connectivity index (χ1n) is 11.9. The third-order valence-electron chi connectivity index (χ3n) is 6.27. The summed E-state index contributed by atoms with van der Waals surface area (Å²) in [4.78, 5) is 39.7. The van der Waals surface area contributed by atoms with Crippen molar-refractivity contribution in [3.8, 4) is 0 Å². The van der Waals surface area contributed by atoms with Crippen molar-refractivity contribution in [3.05, 3.63) is 107 Å². The normalized spacial score (nSPS) is 17.9. The lowest BCUT2D eigenvalue weighted by atomic mass is 9.72. The van der Waals surface area contributed by atoms with Crippen LogP contribution in [0.25, 0.3) is 0 Å². The van der Waals surface area contributed by atoms with Crippen LogP contribution in [0.5, 0.6) is 0 Å². The minimum Gasteiger partial charge on any atom is -0.293 e. The molecule has 34 heavy (non-hydrogen) atoms. The van der Waals surface area contributed by atoms with E-state index < -0.39 is 17.1 Å². The summed E-state index contributed by atoms with van der Waals surface area (Å²) in [6, 6.07) is 26.2. The highest BCUT2D eigenvalue weighted by Crippen LogP contribution is 2.45. The molecule has 4 rings (SSSR count). The molecule has 1 unspecified atom stereocenters. The molecular formula is C30H32O4. The van der Waals surface area contributed by atoms with Crippen LogP contribution < -0.4 is 0 Å². The predicted octanol–water partition coefficient (Wildman–Crippen LogP) is 6.74. The average Bonchev–Trinajstić information content (AvgIpc) is 2.86. The van der Waals surface area contributed by atoms with Crippen LogP contribution >= 0.6 is 0 Å². The molecule has 176 valence electrons. The molecule has 0 spiro atoms. The van der Waals surface area contributed by atoms with Crippen LogP contribution in [0.2, 0.25) is 0 Å². The van der Waals surface area contributed by atoms with Gasteiger partial charge in [0.2, 0.25) is 0 Å². The van der Waals surface area contributed by atoms with Gasteiger partial charge in [-0.1, -0.05) is 84.9 Å². The first-order valence-corrected chi connectivity index (χ1v) is 11.9. The summed E-state index contributed by atoms with van der Waals surface area (Å²) in [5.74, 6) is -1.30. The van der Waals surface area contributed by atoms with Crippen molar-refractivity contribution in [3.63, 3.8) is 0 Å². The van der Waals surface area contributed by atoms with E-state index in [-0.39, 0.29) is 18.0 Å². The maximum absolute atomic E-state index is 13.8. The van der Waals surface area contributed by atoms with Crippen molar-refractivity contribution in [1.29, 1.82) is 0 Å². The van der Waals surface area contributed by atoms with Gasteiger partial charge < -0.3 is 0 Å². The number of hydrogen-bond acceptors (Lipinski definition) is 4. The van der Waals surface area contributed by atoms with Crippen LogP contribution in [0, 0.1) is 5.92 Å². The molecule has 0 saturated carbocycles. The number of aryl methyl sites for hydroxylation is 1. The first kappa shape index (κ1) is 24.1. The molecule has 1 aliphatic carbocycles. The van der Waals surface area contributed by atoms with Crippen molar-refractivity contribution in [2.24, 2.45) is 5.92 Å². The number of Topliss-reactive ketones (excluding diaryl/α,β-unsaturated/α-hetero) is 2. The first-order chi connectivity index (χ1) is 16.3. The number of carbonyl (C=O) groups is 2. The minimum absolute atomic E-state index is 0.198. The third-order valence-corrected chi connectivity index (χ3v) is 6.27. The lowest BCUT2D eigenvalue weighted by molar-refractivity contribution is -0.413. The van der Waals surface area contributed by atoms with Gasteiger partial charge in [0.05, 0.1) is 11.5 Å². The predicted molar refractivity (Wildman–Crippen MR) is 133 cm³/mol. The van der Waals surface area contributed by atoms with E-state index in [0.29, 0.717) is 17.5 Å². The Labute approximate surface area is 201 Å². The zero-order valence-corrected chi connectivity index (χ0v) is 20.1. The second-order valence-electron chi connectivity index (χ2n) is 10.0. The van der Waals surface area contributed by atoms with Gasteiger partial charge in [-0.3, -0.25) is 9.59 Å². The molecule has 0 heterocycles. The van der Waals surface area contributed by atoms with Gasteiger partial charge in [-0.05, 0) is 51.2 Å². The zero-order valence-electron chi connectivity index (χ0n) is 20.1. The topological polar surface area (TPSA) is 52.6 Å². The average molecular weight is 457 g/mol. The molecule has 0 bridgehead atoms. The van der Waals surface area contributed by atoms with Gasteiger partial charge in [0, 0.05) is 17.5 Å². The van der Waals surface area contributed by atoms with Crippen molar-refractivity contribution in [2.45, 2.75) is 57.7 Å². The van der Waals surface area contributed by atoms with E-state index in [2.05, 4.69) is 6.07 Å². The van der Waals surface area contributed by atoms with Crippen molar-refractivity contribution >= 4 is 11.6 Å². The van der Waals surface area contributed by atoms with Crippen LogP contribution in [0.4, 0.5) is 0 Å². The van der Waals surface area contributed by atoms with E-state index in [0.717, 1.165) is 18.4 Å². The Bertz CT molecular complexity index is 1080. The molecule has 1 aliphatic rings. The Hall–Kier alpha value is -3.08. The summed E-state index contributed by atoms with van der Waals surface area (Å²) in [6.45, 7) is 5.78. The molecule has 3 aromatic carbocycles. The molecule has 0 N–H and O–H groups in total. The van der Waals surface area contributed by atoms with Crippen LogP contribution in [0.1, 0.15) is 71.9 Å². The second kappa shape index (κ2) is 10.0. The molecule has 4 nitrogen and oxygen atoms in total. The number of fused-ring (bicyclic) bond motifs is 1. The SMILES string of the molecule is CC(C)(C)OOC1(CC(C(=O)c2ccccc2)C(=O)c2ccccc2)CCCc2ccccc21. The molecular weight excluding hydrogens is 424 g/mol. The minimum atomic E-state index is -0.903. The van der Waals surface area contributed by atoms with E-state index >= 15 is 0 Å². The Morgan fingerprint density at radius 2 is 1.35 bits per heavy atom.